The Morgan fingerprint density at radius 2 is 0.811 bits per heavy atom. The second kappa shape index (κ2) is 16.6. The molecule has 0 spiro atoms. The SMILES string of the molecule is CCCCc1ccc(Cc2ccc(CCCC)c(N=C(C)C)c2CCCC)c(CCCC)c1N=C(C)C. The minimum Gasteiger partial charge on any atom is -0.258 e. The molecule has 0 atom stereocenters. The summed E-state index contributed by atoms with van der Waals surface area (Å²) in [6.07, 6.45) is 15.1. The highest BCUT2D eigenvalue weighted by Gasteiger charge is 2.18. The Labute approximate surface area is 229 Å². The Bertz CT molecular complexity index is 950. The number of hydrogen-bond donors (Lipinski definition) is 0. The highest BCUT2D eigenvalue weighted by atomic mass is 14.8. The molecule has 0 radical (unpaired) electrons. The number of nitrogens with zero attached hydrogens (tertiary/aromatic N) is 2. The number of benzene rings is 2. The van der Waals surface area contributed by atoms with E-state index in [1.165, 1.54) is 96.1 Å². The zero-order valence-corrected chi connectivity index (χ0v) is 25.4. The average Bonchev–Trinajstić information content (AvgIpc) is 2.86. The summed E-state index contributed by atoms with van der Waals surface area (Å²) in [5.41, 5.74) is 13.5. The second-order valence-electron chi connectivity index (χ2n) is 11.1. The first kappa shape index (κ1) is 31.0. The van der Waals surface area contributed by atoms with Crippen LogP contribution in [-0.4, -0.2) is 11.4 Å². The lowest BCUT2D eigenvalue weighted by molar-refractivity contribution is 0.770. The maximum absolute atomic E-state index is 5.14. The molecule has 2 heteroatoms. The Morgan fingerprint density at radius 3 is 1.14 bits per heavy atom. The lowest BCUT2D eigenvalue weighted by Gasteiger charge is -2.20. The molecule has 0 aliphatic carbocycles. The van der Waals surface area contributed by atoms with E-state index in [1.807, 2.05) is 0 Å². The van der Waals surface area contributed by atoms with Gasteiger partial charge >= 0.3 is 0 Å². The first-order chi connectivity index (χ1) is 17.9. The van der Waals surface area contributed by atoms with Gasteiger partial charge < -0.3 is 0 Å². The van der Waals surface area contributed by atoms with Crippen molar-refractivity contribution in [1.29, 1.82) is 0 Å². The molecule has 0 aliphatic heterocycles. The van der Waals surface area contributed by atoms with Crippen molar-refractivity contribution >= 4 is 22.8 Å². The van der Waals surface area contributed by atoms with Gasteiger partial charge in [-0.25, -0.2) is 0 Å². The molecule has 0 amide bonds. The molecular formula is C35H54N2. The van der Waals surface area contributed by atoms with Gasteiger partial charge in [0.2, 0.25) is 0 Å². The van der Waals surface area contributed by atoms with Crippen LogP contribution in [0, 0.1) is 0 Å². The normalized spacial score (nSPS) is 11.0. The van der Waals surface area contributed by atoms with Crippen molar-refractivity contribution in [3.05, 3.63) is 57.6 Å². The van der Waals surface area contributed by atoms with Crippen LogP contribution >= 0.6 is 0 Å². The number of rotatable bonds is 16. The van der Waals surface area contributed by atoms with Crippen LogP contribution in [-0.2, 0) is 32.1 Å². The molecule has 2 aromatic carbocycles. The zero-order chi connectivity index (χ0) is 27.2. The van der Waals surface area contributed by atoms with Gasteiger partial charge in [0.25, 0.3) is 0 Å². The van der Waals surface area contributed by atoms with E-state index in [0.29, 0.717) is 0 Å². The van der Waals surface area contributed by atoms with Gasteiger partial charge in [-0.3, -0.25) is 9.98 Å². The quantitative estimate of drug-likeness (QED) is 0.204. The summed E-state index contributed by atoms with van der Waals surface area (Å²) in [5.74, 6) is 0. The fourth-order valence-corrected chi connectivity index (χ4v) is 5.12. The first-order valence-electron chi connectivity index (χ1n) is 15.2. The van der Waals surface area contributed by atoms with Gasteiger partial charge in [0.05, 0.1) is 11.4 Å². The summed E-state index contributed by atoms with van der Waals surface area (Å²) in [5, 5.41) is 0. The van der Waals surface area contributed by atoms with Gasteiger partial charge in [-0.15, -0.1) is 0 Å². The van der Waals surface area contributed by atoms with Crippen molar-refractivity contribution in [2.45, 2.75) is 139 Å². The van der Waals surface area contributed by atoms with Crippen LogP contribution in [0.2, 0.25) is 0 Å². The molecule has 0 unspecified atom stereocenters. The van der Waals surface area contributed by atoms with E-state index in [0.717, 1.165) is 43.5 Å². The minimum absolute atomic E-state index is 0.969. The highest BCUT2D eigenvalue weighted by Crippen LogP contribution is 2.36. The van der Waals surface area contributed by atoms with E-state index < -0.39 is 0 Å². The van der Waals surface area contributed by atoms with Crippen LogP contribution in [0.15, 0.2) is 34.3 Å². The summed E-state index contributed by atoms with van der Waals surface area (Å²) in [6.45, 7) is 17.7. The molecule has 37 heavy (non-hydrogen) atoms. The Balaban J connectivity index is 2.70. The van der Waals surface area contributed by atoms with Gasteiger partial charge in [-0.1, -0.05) is 77.6 Å². The smallest absolute Gasteiger partial charge is 0.0695 e. The molecule has 0 aromatic heterocycles. The molecule has 0 heterocycles. The van der Waals surface area contributed by atoms with Crippen molar-refractivity contribution in [3.63, 3.8) is 0 Å². The second-order valence-corrected chi connectivity index (χ2v) is 11.1. The molecule has 0 bridgehead atoms. The number of unbranched alkanes of at least 4 members (excludes halogenated alkanes) is 4. The summed E-state index contributed by atoms with van der Waals surface area (Å²) in [7, 11) is 0. The van der Waals surface area contributed by atoms with E-state index in [4.69, 9.17) is 9.98 Å². The Morgan fingerprint density at radius 1 is 0.486 bits per heavy atom. The van der Waals surface area contributed by atoms with E-state index in [2.05, 4.69) is 79.7 Å². The van der Waals surface area contributed by atoms with Crippen LogP contribution in [0.3, 0.4) is 0 Å². The Kier molecular flexibility index (Phi) is 13.9. The van der Waals surface area contributed by atoms with Crippen LogP contribution in [0.1, 0.15) is 140 Å². The predicted molar refractivity (Wildman–Crippen MR) is 167 cm³/mol. The van der Waals surface area contributed by atoms with E-state index in [9.17, 15) is 0 Å². The summed E-state index contributed by atoms with van der Waals surface area (Å²) >= 11 is 0. The molecule has 2 nitrogen and oxygen atoms in total. The standard InChI is InChI=1S/C35H54N2/c1-9-13-17-28-21-23-30(32(19-15-11-3)34(28)36-26(5)6)25-31-24-22-29(18-14-10-2)35(37-27(7)8)33(31)20-16-12-4/h21-24H,9-20,25H2,1-8H3. The summed E-state index contributed by atoms with van der Waals surface area (Å²) < 4.78 is 0. The van der Waals surface area contributed by atoms with Gasteiger partial charge in [0.1, 0.15) is 0 Å². The third-order valence-electron chi connectivity index (χ3n) is 7.14. The van der Waals surface area contributed by atoms with E-state index in [1.54, 1.807) is 0 Å². The fraction of sp³-hybridized carbons (Fsp3) is 0.600. The van der Waals surface area contributed by atoms with Gasteiger partial charge in [-0.2, -0.15) is 0 Å². The van der Waals surface area contributed by atoms with Crippen molar-refractivity contribution in [2.24, 2.45) is 9.98 Å². The lowest BCUT2D eigenvalue weighted by Crippen LogP contribution is -2.05. The number of aryl methyl sites for hydroxylation is 2. The van der Waals surface area contributed by atoms with Gasteiger partial charge in [0.15, 0.2) is 0 Å². The molecule has 0 aliphatic rings. The van der Waals surface area contributed by atoms with Gasteiger partial charge in [0, 0.05) is 11.4 Å². The minimum atomic E-state index is 0.969. The Hall–Kier alpha value is -2.22. The van der Waals surface area contributed by atoms with Crippen molar-refractivity contribution in [2.75, 3.05) is 0 Å². The molecule has 0 saturated heterocycles. The molecule has 0 saturated carbocycles. The number of hydrogen-bond acceptors (Lipinski definition) is 2. The van der Waals surface area contributed by atoms with Crippen LogP contribution in [0.25, 0.3) is 0 Å². The molecule has 2 aromatic rings. The van der Waals surface area contributed by atoms with Crippen LogP contribution in [0.4, 0.5) is 11.4 Å². The van der Waals surface area contributed by atoms with E-state index >= 15 is 0 Å². The fourth-order valence-electron chi connectivity index (χ4n) is 5.12. The summed E-state index contributed by atoms with van der Waals surface area (Å²) in [4.78, 5) is 10.3. The number of aliphatic imine (C=N–C) groups is 2. The topological polar surface area (TPSA) is 24.7 Å². The largest absolute Gasteiger partial charge is 0.258 e. The molecule has 204 valence electrons. The average molecular weight is 503 g/mol. The zero-order valence-electron chi connectivity index (χ0n) is 25.4. The van der Waals surface area contributed by atoms with Crippen molar-refractivity contribution in [3.8, 4) is 0 Å². The molecular weight excluding hydrogens is 448 g/mol. The third-order valence-corrected chi connectivity index (χ3v) is 7.14. The maximum atomic E-state index is 5.14. The maximum Gasteiger partial charge on any atom is 0.0695 e. The molecule has 0 N–H and O–H groups in total. The molecule has 0 fully saturated rings. The predicted octanol–water partition coefficient (Wildman–Crippen LogP) is 10.9. The van der Waals surface area contributed by atoms with Crippen molar-refractivity contribution in [1.82, 2.24) is 0 Å². The molecule has 2 rings (SSSR count). The highest BCUT2D eigenvalue weighted by molar-refractivity contribution is 5.84. The first-order valence-corrected chi connectivity index (χ1v) is 15.2. The van der Waals surface area contributed by atoms with Crippen LogP contribution in [0.5, 0.6) is 0 Å². The third kappa shape index (κ3) is 9.55. The lowest BCUT2D eigenvalue weighted by atomic mass is 9.87. The summed E-state index contributed by atoms with van der Waals surface area (Å²) in [6, 6.07) is 9.59. The monoisotopic (exact) mass is 502 g/mol. The van der Waals surface area contributed by atoms with Crippen LogP contribution < -0.4 is 0 Å². The van der Waals surface area contributed by atoms with Crippen molar-refractivity contribution < 1.29 is 0 Å². The van der Waals surface area contributed by atoms with E-state index in [-0.39, 0.29) is 0 Å². The van der Waals surface area contributed by atoms with Gasteiger partial charge in [-0.05, 0) is 119 Å².